The molecule has 2 amide bonds. The summed E-state index contributed by atoms with van der Waals surface area (Å²) < 4.78 is 13.6. The highest BCUT2D eigenvalue weighted by atomic mass is 19.1. The standard InChI is InChI=1S/C24H22FN5O4/c1-26-23(33)16-9-14(25)5-4-12(16)10-28-24(34)19-22(32)18-15(3-2-7-27-18)17(29-19)20-21(31)13-6-8-30(20)11-13/h2-5,7,9,13,20,32H,6,8,10-11H2,1H3,(H,26,33)(H,28,34). The fourth-order valence-corrected chi connectivity index (χ4v) is 4.79. The lowest BCUT2D eigenvalue weighted by Crippen LogP contribution is -2.31. The number of pyridine rings is 2. The number of amides is 2. The highest BCUT2D eigenvalue weighted by Gasteiger charge is 2.47. The molecule has 174 valence electrons. The summed E-state index contributed by atoms with van der Waals surface area (Å²) >= 11 is 0. The predicted molar refractivity (Wildman–Crippen MR) is 120 cm³/mol. The van der Waals surface area contributed by atoms with E-state index in [-0.39, 0.29) is 35.0 Å². The molecule has 0 spiro atoms. The van der Waals surface area contributed by atoms with Gasteiger partial charge in [-0.15, -0.1) is 0 Å². The summed E-state index contributed by atoms with van der Waals surface area (Å²) in [6.07, 6.45) is 2.30. The van der Waals surface area contributed by atoms with Crippen molar-refractivity contribution >= 4 is 28.5 Å². The van der Waals surface area contributed by atoms with E-state index in [0.29, 0.717) is 23.2 Å². The molecule has 0 saturated carbocycles. The Morgan fingerprint density at radius 2 is 2.09 bits per heavy atom. The lowest BCUT2D eigenvalue weighted by Gasteiger charge is -2.24. The van der Waals surface area contributed by atoms with Crippen molar-refractivity contribution in [1.29, 1.82) is 0 Å². The van der Waals surface area contributed by atoms with Crippen LogP contribution in [0.15, 0.2) is 36.5 Å². The summed E-state index contributed by atoms with van der Waals surface area (Å²) in [5.41, 5.74) is 0.790. The molecule has 10 heteroatoms. The van der Waals surface area contributed by atoms with Gasteiger partial charge < -0.3 is 15.7 Å². The average molecular weight is 463 g/mol. The van der Waals surface area contributed by atoms with Crippen molar-refractivity contribution < 1.29 is 23.9 Å². The van der Waals surface area contributed by atoms with E-state index >= 15 is 0 Å². The monoisotopic (exact) mass is 463 g/mol. The Morgan fingerprint density at radius 3 is 2.82 bits per heavy atom. The molecule has 2 bridgehead atoms. The maximum Gasteiger partial charge on any atom is 0.274 e. The summed E-state index contributed by atoms with van der Waals surface area (Å²) in [4.78, 5) is 48.8. The van der Waals surface area contributed by atoms with Gasteiger partial charge in [0.2, 0.25) is 0 Å². The van der Waals surface area contributed by atoms with E-state index in [2.05, 4.69) is 20.6 Å². The number of rotatable bonds is 5. The highest BCUT2D eigenvalue weighted by molar-refractivity contribution is 6.03. The van der Waals surface area contributed by atoms with Crippen molar-refractivity contribution in [2.45, 2.75) is 19.0 Å². The minimum atomic E-state index is -0.705. The van der Waals surface area contributed by atoms with Gasteiger partial charge in [0.15, 0.2) is 17.2 Å². The molecular weight excluding hydrogens is 441 g/mol. The first-order valence-electron chi connectivity index (χ1n) is 10.9. The Labute approximate surface area is 194 Å². The Bertz CT molecular complexity index is 1340. The van der Waals surface area contributed by atoms with Crippen LogP contribution in [0, 0.1) is 11.7 Å². The van der Waals surface area contributed by atoms with E-state index in [1.807, 2.05) is 4.90 Å². The van der Waals surface area contributed by atoms with Crippen LogP contribution in [-0.2, 0) is 11.3 Å². The lowest BCUT2D eigenvalue weighted by atomic mass is 9.94. The number of aromatic hydroxyl groups is 1. The fourth-order valence-electron chi connectivity index (χ4n) is 4.79. The van der Waals surface area contributed by atoms with Gasteiger partial charge in [-0.2, -0.15) is 0 Å². The molecule has 2 aliphatic heterocycles. The molecule has 34 heavy (non-hydrogen) atoms. The third kappa shape index (κ3) is 3.56. The zero-order valence-corrected chi connectivity index (χ0v) is 18.3. The number of benzene rings is 1. The number of carbonyl (C=O) groups is 3. The van der Waals surface area contributed by atoms with Crippen LogP contribution in [0.5, 0.6) is 5.75 Å². The van der Waals surface area contributed by atoms with E-state index in [9.17, 15) is 23.9 Å². The number of nitrogens with one attached hydrogen (secondary N) is 2. The van der Waals surface area contributed by atoms with E-state index < -0.39 is 29.4 Å². The molecule has 2 aliphatic rings. The molecule has 3 unspecified atom stereocenters. The first kappa shape index (κ1) is 21.9. The number of carbonyl (C=O) groups excluding carboxylic acids is 3. The van der Waals surface area contributed by atoms with Crippen molar-refractivity contribution in [2.75, 3.05) is 20.1 Å². The van der Waals surface area contributed by atoms with E-state index in [1.165, 1.54) is 25.4 Å². The first-order chi connectivity index (χ1) is 16.4. The van der Waals surface area contributed by atoms with Crippen LogP contribution in [0.25, 0.3) is 10.9 Å². The van der Waals surface area contributed by atoms with Crippen LogP contribution in [0.3, 0.4) is 0 Å². The molecule has 2 saturated heterocycles. The van der Waals surface area contributed by atoms with Gasteiger partial charge in [-0.05, 0) is 42.8 Å². The van der Waals surface area contributed by atoms with Crippen molar-refractivity contribution in [3.05, 3.63) is 64.9 Å². The smallest absolute Gasteiger partial charge is 0.274 e. The molecule has 3 aromatic rings. The summed E-state index contributed by atoms with van der Waals surface area (Å²) in [5, 5.41) is 16.4. The molecule has 3 N–H and O–H groups in total. The average Bonchev–Trinajstić information content (AvgIpc) is 3.45. The Balaban J connectivity index is 1.50. The SMILES string of the molecule is CNC(=O)c1cc(F)ccc1CNC(=O)c1nc(C2C(=O)C3CCN2C3)c2cccnc2c1O. The highest BCUT2D eigenvalue weighted by Crippen LogP contribution is 2.42. The normalized spacial score (nSPS) is 21.1. The Kier molecular flexibility index (Phi) is 5.45. The van der Waals surface area contributed by atoms with Crippen molar-refractivity contribution in [3.8, 4) is 5.75 Å². The minimum absolute atomic E-state index is 0.0498. The molecular formula is C24H22FN5O4. The molecule has 0 aliphatic carbocycles. The summed E-state index contributed by atoms with van der Waals surface area (Å²) in [6, 6.07) is 6.51. The van der Waals surface area contributed by atoms with Gasteiger partial charge in [-0.25, -0.2) is 9.37 Å². The summed E-state index contributed by atoms with van der Waals surface area (Å²) in [7, 11) is 1.42. The zero-order valence-electron chi connectivity index (χ0n) is 18.3. The number of ketones is 1. The van der Waals surface area contributed by atoms with Gasteiger partial charge in [0, 0.05) is 43.2 Å². The van der Waals surface area contributed by atoms with Gasteiger partial charge >= 0.3 is 0 Å². The maximum absolute atomic E-state index is 13.6. The minimum Gasteiger partial charge on any atom is -0.504 e. The van der Waals surface area contributed by atoms with Gasteiger partial charge in [0.05, 0.1) is 5.69 Å². The summed E-state index contributed by atoms with van der Waals surface area (Å²) in [5.74, 6) is -2.17. The topological polar surface area (TPSA) is 125 Å². The van der Waals surface area contributed by atoms with Crippen LogP contribution in [0.2, 0.25) is 0 Å². The molecule has 3 atom stereocenters. The number of halogens is 1. The summed E-state index contributed by atoms with van der Waals surface area (Å²) in [6.45, 7) is 1.32. The molecule has 0 radical (unpaired) electrons. The maximum atomic E-state index is 13.6. The van der Waals surface area contributed by atoms with Crippen LogP contribution in [0.4, 0.5) is 4.39 Å². The van der Waals surface area contributed by atoms with Gasteiger partial charge in [0.1, 0.15) is 17.4 Å². The second kappa shape index (κ2) is 8.45. The molecule has 5 rings (SSSR count). The number of aromatic nitrogens is 2. The number of piperidine rings is 1. The largest absolute Gasteiger partial charge is 0.504 e. The number of nitrogens with zero attached hydrogens (tertiary/aromatic N) is 3. The Morgan fingerprint density at radius 1 is 1.26 bits per heavy atom. The third-order valence-corrected chi connectivity index (χ3v) is 6.48. The van der Waals surface area contributed by atoms with E-state index in [0.717, 1.165) is 19.0 Å². The molecule has 4 heterocycles. The van der Waals surface area contributed by atoms with Crippen molar-refractivity contribution in [2.24, 2.45) is 5.92 Å². The molecule has 2 aromatic heterocycles. The van der Waals surface area contributed by atoms with Gasteiger partial charge in [-0.1, -0.05) is 6.07 Å². The fraction of sp³-hybridized carbons (Fsp3) is 0.292. The van der Waals surface area contributed by atoms with Crippen molar-refractivity contribution in [3.63, 3.8) is 0 Å². The van der Waals surface area contributed by atoms with Gasteiger partial charge in [-0.3, -0.25) is 24.3 Å². The number of fused-ring (bicyclic) bond motifs is 3. The number of hydrogen-bond acceptors (Lipinski definition) is 7. The van der Waals surface area contributed by atoms with Crippen LogP contribution in [-0.4, -0.2) is 57.7 Å². The second-order valence-electron chi connectivity index (χ2n) is 8.44. The van der Waals surface area contributed by atoms with E-state index in [4.69, 9.17) is 0 Å². The number of Topliss-reactive ketones (excluding diaryl/α,β-unsaturated/α-hetero) is 1. The molecule has 1 aromatic carbocycles. The second-order valence-corrected chi connectivity index (χ2v) is 8.44. The predicted octanol–water partition coefficient (Wildman–Crippen LogP) is 1.71. The third-order valence-electron chi connectivity index (χ3n) is 6.48. The van der Waals surface area contributed by atoms with Crippen molar-refractivity contribution in [1.82, 2.24) is 25.5 Å². The van der Waals surface area contributed by atoms with E-state index in [1.54, 1.807) is 12.1 Å². The zero-order chi connectivity index (χ0) is 24.0. The van der Waals surface area contributed by atoms with Crippen LogP contribution >= 0.6 is 0 Å². The molecule has 9 nitrogen and oxygen atoms in total. The van der Waals surface area contributed by atoms with Crippen LogP contribution in [0.1, 0.15) is 44.6 Å². The Hall–Kier alpha value is -3.92. The lowest BCUT2D eigenvalue weighted by molar-refractivity contribution is -0.124. The van der Waals surface area contributed by atoms with Gasteiger partial charge in [0.25, 0.3) is 11.8 Å². The first-order valence-corrected chi connectivity index (χ1v) is 10.9. The van der Waals surface area contributed by atoms with Crippen LogP contribution < -0.4 is 10.6 Å². The number of hydrogen-bond donors (Lipinski definition) is 3. The quantitative estimate of drug-likeness (QED) is 0.526. The molecule has 2 fully saturated rings.